The molecule has 1 aromatic rings. The first-order chi connectivity index (χ1) is 12.5. The molecule has 1 aromatic carbocycles. The molecule has 0 radical (unpaired) electrons. The van der Waals surface area contributed by atoms with E-state index in [9.17, 15) is 26.4 Å². The zero-order valence-electron chi connectivity index (χ0n) is 13.9. The largest absolute Gasteiger partial charge is 0.417 e. The smallest absolute Gasteiger partial charge is 0.375 e. The van der Waals surface area contributed by atoms with E-state index in [2.05, 4.69) is 4.99 Å². The van der Waals surface area contributed by atoms with E-state index in [4.69, 9.17) is 16.3 Å². The predicted molar refractivity (Wildman–Crippen MR) is 97.1 cm³/mol. The number of amidine groups is 1. The zero-order chi connectivity index (χ0) is 20.0. The summed E-state index contributed by atoms with van der Waals surface area (Å²) in [5, 5.41) is -0.742. The number of hydrogen-bond acceptors (Lipinski definition) is 5. The van der Waals surface area contributed by atoms with Crippen LogP contribution in [0.25, 0.3) is 0 Å². The van der Waals surface area contributed by atoms with Crippen LogP contribution in [0.3, 0.4) is 0 Å². The number of sulfone groups is 1. The van der Waals surface area contributed by atoms with E-state index in [1.807, 2.05) is 0 Å². The minimum absolute atomic E-state index is 0.0767. The molecule has 1 amide bonds. The van der Waals surface area contributed by atoms with Crippen molar-refractivity contribution in [3.63, 3.8) is 0 Å². The van der Waals surface area contributed by atoms with Gasteiger partial charge in [-0.05, 0) is 18.2 Å². The number of carbonyl (C=O) groups is 1. The fraction of sp³-hybridized carbons (Fsp3) is 0.467. The lowest BCUT2D eigenvalue weighted by atomic mass is 10.1. The van der Waals surface area contributed by atoms with E-state index in [-0.39, 0.29) is 29.0 Å². The number of alkyl halides is 3. The van der Waals surface area contributed by atoms with Gasteiger partial charge in [-0.15, -0.1) is 0 Å². The Morgan fingerprint density at radius 1 is 1.41 bits per heavy atom. The third-order valence-electron chi connectivity index (χ3n) is 4.09. The number of anilines is 1. The van der Waals surface area contributed by atoms with Gasteiger partial charge in [-0.2, -0.15) is 18.2 Å². The van der Waals surface area contributed by atoms with Crippen LogP contribution in [-0.4, -0.2) is 56.0 Å². The van der Waals surface area contributed by atoms with Gasteiger partial charge in [0.2, 0.25) is 0 Å². The molecule has 2 unspecified atom stereocenters. The van der Waals surface area contributed by atoms with Gasteiger partial charge in [0.15, 0.2) is 15.0 Å². The number of amides is 1. The second-order valence-electron chi connectivity index (χ2n) is 6.05. The summed E-state index contributed by atoms with van der Waals surface area (Å²) in [6, 6.07) is 2.67. The SMILES string of the molecule is COCC(=O)N=C1SC2CS(=O)(=O)CC2N1c1ccc(Cl)c(C(F)(F)F)c1. The Bertz CT molecular complexity index is 905. The highest BCUT2D eigenvalue weighted by Crippen LogP contribution is 2.43. The van der Waals surface area contributed by atoms with Crippen LogP contribution in [-0.2, 0) is 25.5 Å². The first kappa shape index (κ1) is 20.4. The molecule has 27 heavy (non-hydrogen) atoms. The lowest BCUT2D eigenvalue weighted by Crippen LogP contribution is -2.38. The monoisotopic (exact) mass is 442 g/mol. The summed E-state index contributed by atoms with van der Waals surface area (Å²) in [5.41, 5.74) is -0.966. The molecule has 2 saturated heterocycles. The molecule has 0 spiro atoms. The molecule has 0 N–H and O–H groups in total. The number of methoxy groups -OCH3 is 1. The number of rotatable bonds is 3. The van der Waals surface area contributed by atoms with Crippen molar-refractivity contribution in [2.45, 2.75) is 17.5 Å². The Morgan fingerprint density at radius 2 is 2.11 bits per heavy atom. The summed E-state index contributed by atoms with van der Waals surface area (Å²) in [6.45, 7) is -0.292. The summed E-state index contributed by atoms with van der Waals surface area (Å²) in [4.78, 5) is 17.1. The molecule has 6 nitrogen and oxygen atoms in total. The van der Waals surface area contributed by atoms with Gasteiger partial charge in [-0.1, -0.05) is 23.4 Å². The van der Waals surface area contributed by atoms with Crippen LogP contribution in [0.2, 0.25) is 5.02 Å². The Kier molecular flexibility index (Phi) is 5.50. The molecular formula is C15H14ClF3N2O4S2. The minimum Gasteiger partial charge on any atom is -0.375 e. The summed E-state index contributed by atoms with van der Waals surface area (Å²) in [5.74, 6) is -0.972. The first-order valence-corrected chi connectivity index (χ1v) is 10.7. The van der Waals surface area contributed by atoms with Crippen molar-refractivity contribution in [1.82, 2.24) is 0 Å². The zero-order valence-corrected chi connectivity index (χ0v) is 16.3. The summed E-state index contributed by atoms with van der Waals surface area (Å²) in [6.07, 6.45) is -4.68. The van der Waals surface area contributed by atoms with Crippen molar-refractivity contribution >= 4 is 50.0 Å². The van der Waals surface area contributed by atoms with Crippen molar-refractivity contribution in [2.75, 3.05) is 30.1 Å². The Hall–Kier alpha value is -1.30. The molecule has 0 bridgehead atoms. The molecule has 0 aliphatic carbocycles. The molecule has 2 aliphatic rings. The lowest BCUT2D eigenvalue weighted by molar-refractivity contribution is -0.137. The third kappa shape index (κ3) is 4.25. The van der Waals surface area contributed by atoms with Crippen molar-refractivity contribution in [3.8, 4) is 0 Å². The molecule has 0 saturated carbocycles. The van der Waals surface area contributed by atoms with Crippen LogP contribution in [0.4, 0.5) is 18.9 Å². The molecule has 148 valence electrons. The van der Waals surface area contributed by atoms with E-state index in [0.29, 0.717) is 0 Å². The second kappa shape index (κ2) is 7.26. The van der Waals surface area contributed by atoms with Crippen LogP contribution >= 0.6 is 23.4 Å². The van der Waals surface area contributed by atoms with Gasteiger partial charge in [-0.3, -0.25) is 4.79 Å². The maximum Gasteiger partial charge on any atom is 0.417 e. The van der Waals surface area contributed by atoms with Gasteiger partial charge in [0.1, 0.15) is 6.61 Å². The fourth-order valence-electron chi connectivity index (χ4n) is 3.01. The Labute approximate surface area is 162 Å². The quantitative estimate of drug-likeness (QED) is 0.716. The molecule has 3 rings (SSSR count). The van der Waals surface area contributed by atoms with Crippen LogP contribution in [0.1, 0.15) is 5.56 Å². The number of ether oxygens (including phenoxy) is 1. The van der Waals surface area contributed by atoms with Crippen molar-refractivity contribution < 1.29 is 31.1 Å². The molecule has 2 aliphatic heterocycles. The van der Waals surface area contributed by atoms with E-state index in [1.54, 1.807) is 0 Å². The summed E-state index contributed by atoms with van der Waals surface area (Å²) in [7, 11) is -2.02. The average Bonchev–Trinajstić information content (AvgIpc) is 2.98. The Balaban J connectivity index is 2.06. The molecular weight excluding hydrogens is 429 g/mol. The Morgan fingerprint density at radius 3 is 2.74 bits per heavy atom. The van der Waals surface area contributed by atoms with Gasteiger partial charge in [0.25, 0.3) is 5.91 Å². The maximum absolute atomic E-state index is 13.2. The summed E-state index contributed by atoms with van der Waals surface area (Å²) >= 11 is 6.73. The van der Waals surface area contributed by atoms with Gasteiger partial charge >= 0.3 is 6.18 Å². The first-order valence-electron chi connectivity index (χ1n) is 7.65. The van der Waals surface area contributed by atoms with Gasteiger partial charge < -0.3 is 9.64 Å². The van der Waals surface area contributed by atoms with E-state index in [0.717, 1.165) is 23.9 Å². The highest BCUT2D eigenvalue weighted by molar-refractivity contribution is 8.16. The number of thioether (sulfide) groups is 1. The minimum atomic E-state index is -4.68. The number of nitrogens with zero attached hydrogens (tertiary/aromatic N) is 2. The van der Waals surface area contributed by atoms with Gasteiger partial charge in [-0.25, -0.2) is 8.42 Å². The maximum atomic E-state index is 13.2. The second-order valence-corrected chi connectivity index (χ2v) is 9.82. The molecule has 12 heteroatoms. The average molecular weight is 443 g/mol. The lowest BCUT2D eigenvalue weighted by Gasteiger charge is -2.25. The van der Waals surface area contributed by atoms with E-state index < -0.39 is 43.8 Å². The summed E-state index contributed by atoms with van der Waals surface area (Å²) < 4.78 is 68.3. The number of hydrogen-bond donors (Lipinski definition) is 0. The fourth-order valence-corrected chi connectivity index (χ4v) is 7.17. The topological polar surface area (TPSA) is 76.0 Å². The van der Waals surface area contributed by atoms with Crippen LogP contribution in [0.5, 0.6) is 0 Å². The van der Waals surface area contributed by atoms with Crippen molar-refractivity contribution in [2.24, 2.45) is 4.99 Å². The van der Waals surface area contributed by atoms with Crippen LogP contribution in [0, 0.1) is 0 Å². The number of fused-ring (bicyclic) bond motifs is 1. The molecule has 2 fully saturated rings. The van der Waals surface area contributed by atoms with Gasteiger partial charge in [0.05, 0.1) is 28.1 Å². The molecule has 2 heterocycles. The van der Waals surface area contributed by atoms with Crippen molar-refractivity contribution in [3.05, 3.63) is 28.8 Å². The predicted octanol–water partition coefficient (Wildman–Crippen LogP) is 2.61. The standard InChI is InChI=1S/C15H14ClF3N2O4S2/c1-25-5-13(22)20-14-21(11-6-27(23,24)7-12(11)26-14)8-2-3-10(16)9(4-8)15(17,18)19/h2-4,11-12H,5-7H2,1H3. The van der Waals surface area contributed by atoms with Crippen LogP contribution < -0.4 is 4.90 Å². The number of halogens is 4. The highest BCUT2D eigenvalue weighted by atomic mass is 35.5. The third-order valence-corrected chi connectivity index (χ3v) is 7.63. The van der Waals surface area contributed by atoms with Gasteiger partial charge in [0, 0.05) is 18.0 Å². The van der Waals surface area contributed by atoms with Crippen LogP contribution in [0.15, 0.2) is 23.2 Å². The molecule has 2 atom stereocenters. The normalized spacial score (nSPS) is 25.8. The highest BCUT2D eigenvalue weighted by Gasteiger charge is 2.49. The number of carbonyl (C=O) groups excluding carboxylic acids is 1. The van der Waals surface area contributed by atoms with Crippen molar-refractivity contribution in [1.29, 1.82) is 0 Å². The molecule has 0 aromatic heterocycles. The van der Waals surface area contributed by atoms with E-state index >= 15 is 0 Å². The van der Waals surface area contributed by atoms with E-state index in [1.165, 1.54) is 18.1 Å². The number of benzene rings is 1. The number of aliphatic imine (C=N–C) groups is 1.